The Morgan fingerprint density at radius 1 is 0.895 bits per heavy atom. The lowest BCUT2D eigenvalue weighted by Gasteiger charge is -2.21. The van der Waals surface area contributed by atoms with Crippen LogP contribution in [0, 0.1) is 0 Å². The standard InChI is InChI=1S/C17H16NO/c1-2-7-16-14(4-1)15-6-3-5-13(17(15)19-16)12-8-10-18-11-9-12/h1-7,12H,8-11H2. The summed E-state index contributed by atoms with van der Waals surface area (Å²) < 4.78 is 6.11. The normalized spacial score (nSPS) is 17.3. The molecule has 1 radical (unpaired) electrons. The molecule has 0 saturated carbocycles. The highest BCUT2D eigenvalue weighted by Crippen LogP contribution is 2.36. The van der Waals surface area contributed by atoms with Crippen LogP contribution in [0.3, 0.4) is 0 Å². The molecular weight excluding hydrogens is 234 g/mol. The van der Waals surface area contributed by atoms with E-state index >= 15 is 0 Å². The van der Waals surface area contributed by atoms with Crippen molar-refractivity contribution in [1.29, 1.82) is 0 Å². The Kier molecular flexibility index (Phi) is 2.56. The Balaban J connectivity index is 1.95. The number of rotatable bonds is 1. The van der Waals surface area contributed by atoms with Gasteiger partial charge in [-0.15, -0.1) is 0 Å². The summed E-state index contributed by atoms with van der Waals surface area (Å²) in [5, 5.41) is 6.91. The minimum atomic E-state index is 0.599. The Labute approximate surface area is 112 Å². The predicted octanol–water partition coefficient (Wildman–Crippen LogP) is 4.07. The van der Waals surface area contributed by atoms with Crippen molar-refractivity contribution in [3.8, 4) is 0 Å². The van der Waals surface area contributed by atoms with Crippen molar-refractivity contribution in [2.45, 2.75) is 18.8 Å². The molecule has 0 spiro atoms. The Morgan fingerprint density at radius 3 is 2.58 bits per heavy atom. The van der Waals surface area contributed by atoms with E-state index in [4.69, 9.17) is 4.42 Å². The van der Waals surface area contributed by atoms with Gasteiger partial charge in [0.2, 0.25) is 0 Å². The third-order valence-electron chi connectivity index (χ3n) is 4.15. The second kappa shape index (κ2) is 4.39. The zero-order valence-corrected chi connectivity index (χ0v) is 10.8. The number of piperidine rings is 1. The van der Waals surface area contributed by atoms with E-state index in [9.17, 15) is 0 Å². The van der Waals surface area contributed by atoms with E-state index < -0.39 is 0 Å². The lowest BCUT2D eigenvalue weighted by Crippen LogP contribution is -2.21. The number of hydrogen-bond acceptors (Lipinski definition) is 1. The lowest BCUT2D eigenvalue weighted by atomic mass is 9.89. The van der Waals surface area contributed by atoms with Gasteiger partial charge in [0.25, 0.3) is 0 Å². The summed E-state index contributed by atoms with van der Waals surface area (Å²) in [5.41, 5.74) is 3.43. The van der Waals surface area contributed by atoms with Crippen molar-refractivity contribution in [2.24, 2.45) is 0 Å². The molecule has 2 heterocycles. The zero-order valence-electron chi connectivity index (χ0n) is 10.8. The molecule has 1 aliphatic rings. The van der Waals surface area contributed by atoms with Gasteiger partial charge in [0.15, 0.2) is 0 Å². The number of benzene rings is 2. The van der Waals surface area contributed by atoms with Crippen LogP contribution in [0.5, 0.6) is 0 Å². The molecule has 0 bridgehead atoms. The summed E-state index contributed by atoms with van der Waals surface area (Å²) >= 11 is 0. The molecule has 95 valence electrons. The van der Waals surface area contributed by atoms with Crippen LogP contribution >= 0.6 is 0 Å². The van der Waals surface area contributed by atoms with Gasteiger partial charge in [-0.2, -0.15) is 0 Å². The summed E-state index contributed by atoms with van der Waals surface area (Å²) in [6.07, 6.45) is 2.30. The third-order valence-corrected chi connectivity index (χ3v) is 4.15. The van der Waals surface area contributed by atoms with Gasteiger partial charge >= 0.3 is 0 Å². The fourth-order valence-electron chi connectivity index (χ4n) is 3.15. The van der Waals surface area contributed by atoms with Gasteiger partial charge in [-0.25, -0.2) is 5.32 Å². The second-order valence-electron chi connectivity index (χ2n) is 5.27. The topological polar surface area (TPSA) is 27.2 Å². The zero-order chi connectivity index (χ0) is 12.7. The lowest BCUT2D eigenvalue weighted by molar-refractivity contribution is 0.452. The third kappa shape index (κ3) is 1.75. The van der Waals surface area contributed by atoms with Crippen LogP contribution in [-0.2, 0) is 0 Å². The van der Waals surface area contributed by atoms with Crippen molar-refractivity contribution in [1.82, 2.24) is 5.32 Å². The molecule has 4 rings (SSSR count). The summed E-state index contributed by atoms with van der Waals surface area (Å²) in [5.74, 6) is 0.599. The molecule has 3 aromatic rings. The predicted molar refractivity (Wildman–Crippen MR) is 77.6 cm³/mol. The highest BCUT2D eigenvalue weighted by atomic mass is 16.3. The Bertz CT molecular complexity index is 722. The molecule has 1 fully saturated rings. The van der Waals surface area contributed by atoms with E-state index in [0.29, 0.717) is 5.92 Å². The first kappa shape index (κ1) is 11.1. The molecule has 2 aromatic carbocycles. The SMILES string of the molecule is c1ccc2c(c1)oc1c(C3CC[N]CC3)cccc12. The minimum absolute atomic E-state index is 0.599. The van der Waals surface area contributed by atoms with Gasteiger partial charge in [-0.3, -0.25) is 0 Å². The highest BCUT2D eigenvalue weighted by molar-refractivity contribution is 6.05. The van der Waals surface area contributed by atoms with Crippen molar-refractivity contribution in [2.75, 3.05) is 13.1 Å². The van der Waals surface area contributed by atoms with Gasteiger partial charge in [0, 0.05) is 23.9 Å². The van der Waals surface area contributed by atoms with Gasteiger partial charge in [0.05, 0.1) is 0 Å². The molecular formula is C17H16NO. The molecule has 0 aliphatic carbocycles. The van der Waals surface area contributed by atoms with Gasteiger partial charge in [-0.05, 0) is 30.4 Å². The summed E-state index contributed by atoms with van der Waals surface area (Å²) in [6, 6.07) is 14.8. The number of fused-ring (bicyclic) bond motifs is 3. The Morgan fingerprint density at radius 2 is 1.68 bits per heavy atom. The average Bonchev–Trinajstić information content (AvgIpc) is 2.87. The monoisotopic (exact) mass is 250 g/mol. The number of furan rings is 1. The summed E-state index contributed by atoms with van der Waals surface area (Å²) in [7, 11) is 0. The first-order valence-electron chi connectivity index (χ1n) is 6.97. The van der Waals surface area contributed by atoms with Crippen LogP contribution in [0.4, 0.5) is 0 Å². The van der Waals surface area contributed by atoms with E-state index in [2.05, 4.69) is 41.7 Å². The molecule has 1 aliphatic heterocycles. The number of hydrogen-bond donors (Lipinski definition) is 0. The van der Waals surface area contributed by atoms with Gasteiger partial charge < -0.3 is 4.42 Å². The molecule has 0 N–H and O–H groups in total. The fraction of sp³-hybridized carbons (Fsp3) is 0.294. The average molecular weight is 250 g/mol. The molecule has 1 saturated heterocycles. The molecule has 0 unspecified atom stereocenters. The number of nitrogens with zero attached hydrogens (tertiary/aromatic N) is 1. The van der Waals surface area contributed by atoms with E-state index in [1.54, 1.807) is 0 Å². The highest BCUT2D eigenvalue weighted by Gasteiger charge is 2.20. The molecule has 0 amide bonds. The second-order valence-corrected chi connectivity index (χ2v) is 5.27. The van der Waals surface area contributed by atoms with E-state index in [1.165, 1.54) is 16.3 Å². The van der Waals surface area contributed by atoms with Crippen LogP contribution in [0.15, 0.2) is 46.9 Å². The maximum atomic E-state index is 6.11. The van der Waals surface area contributed by atoms with E-state index in [-0.39, 0.29) is 0 Å². The molecule has 2 heteroatoms. The molecule has 0 atom stereocenters. The smallest absolute Gasteiger partial charge is 0.138 e. The van der Waals surface area contributed by atoms with Gasteiger partial charge in [-0.1, -0.05) is 36.4 Å². The largest absolute Gasteiger partial charge is 0.456 e. The van der Waals surface area contributed by atoms with Crippen LogP contribution < -0.4 is 5.32 Å². The quantitative estimate of drug-likeness (QED) is 0.639. The van der Waals surface area contributed by atoms with Crippen LogP contribution in [0.25, 0.3) is 21.9 Å². The minimum Gasteiger partial charge on any atom is -0.456 e. The van der Waals surface area contributed by atoms with Crippen molar-refractivity contribution in [3.63, 3.8) is 0 Å². The van der Waals surface area contributed by atoms with Crippen LogP contribution in [-0.4, -0.2) is 13.1 Å². The molecule has 19 heavy (non-hydrogen) atoms. The number of para-hydroxylation sites is 2. The molecule has 2 nitrogen and oxygen atoms in total. The molecule has 1 aromatic heterocycles. The summed E-state index contributed by atoms with van der Waals surface area (Å²) in [6.45, 7) is 1.97. The van der Waals surface area contributed by atoms with Gasteiger partial charge in [0.1, 0.15) is 11.2 Å². The van der Waals surface area contributed by atoms with E-state index in [0.717, 1.165) is 37.1 Å². The maximum Gasteiger partial charge on any atom is 0.138 e. The van der Waals surface area contributed by atoms with E-state index in [1.807, 2.05) is 6.07 Å². The fourth-order valence-corrected chi connectivity index (χ4v) is 3.15. The first-order chi connectivity index (χ1) is 9.43. The van der Waals surface area contributed by atoms with Crippen molar-refractivity contribution in [3.05, 3.63) is 48.0 Å². The van der Waals surface area contributed by atoms with Crippen LogP contribution in [0.1, 0.15) is 24.3 Å². The maximum absolute atomic E-state index is 6.11. The van der Waals surface area contributed by atoms with Crippen molar-refractivity contribution >= 4 is 21.9 Å². The summed E-state index contributed by atoms with van der Waals surface area (Å²) in [4.78, 5) is 0. The Hall–Kier alpha value is -1.80. The van der Waals surface area contributed by atoms with Crippen LogP contribution in [0.2, 0.25) is 0 Å². The first-order valence-corrected chi connectivity index (χ1v) is 6.97. The van der Waals surface area contributed by atoms with Crippen molar-refractivity contribution < 1.29 is 4.42 Å².